The van der Waals surface area contributed by atoms with Crippen LogP contribution in [0.1, 0.15) is 16.4 Å². The standard InChI is InChI=1S/C32H24FN3O2S2/c33-25-14-12-23(13-15-25)28-21-39-32(35-28)36-31(38)30(24-9-5-2-6-10-24)40-27-18-16-26(17-19-27)34-29(37)20-11-22-7-3-1-4-8-22/h1-21,30H,(H,34,37)(H,35,36,38)/b20-11+. The van der Waals surface area contributed by atoms with Crippen molar-refractivity contribution in [3.63, 3.8) is 0 Å². The van der Waals surface area contributed by atoms with Gasteiger partial charge in [-0.05, 0) is 65.7 Å². The normalized spacial score (nSPS) is 11.7. The average Bonchev–Trinajstić information content (AvgIpc) is 3.45. The van der Waals surface area contributed by atoms with E-state index in [0.29, 0.717) is 16.5 Å². The van der Waals surface area contributed by atoms with E-state index in [0.717, 1.165) is 21.6 Å². The fourth-order valence-electron chi connectivity index (χ4n) is 3.83. The average molecular weight is 566 g/mol. The largest absolute Gasteiger partial charge is 0.323 e. The number of carbonyl (C=O) groups excluding carboxylic acids is 2. The molecule has 40 heavy (non-hydrogen) atoms. The lowest BCUT2D eigenvalue weighted by molar-refractivity contribution is -0.116. The monoisotopic (exact) mass is 565 g/mol. The molecule has 2 amide bonds. The van der Waals surface area contributed by atoms with Gasteiger partial charge in [0, 0.05) is 27.6 Å². The topological polar surface area (TPSA) is 71.1 Å². The Morgan fingerprint density at radius 2 is 1.50 bits per heavy atom. The Hall–Kier alpha value is -4.53. The molecule has 0 bridgehead atoms. The Balaban J connectivity index is 1.26. The molecule has 5 nitrogen and oxygen atoms in total. The van der Waals surface area contributed by atoms with E-state index in [1.807, 2.05) is 90.3 Å². The van der Waals surface area contributed by atoms with Gasteiger partial charge in [-0.15, -0.1) is 23.1 Å². The summed E-state index contributed by atoms with van der Waals surface area (Å²) in [6.45, 7) is 0. The summed E-state index contributed by atoms with van der Waals surface area (Å²) in [5, 5.41) is 7.55. The van der Waals surface area contributed by atoms with Gasteiger partial charge in [-0.3, -0.25) is 9.59 Å². The Morgan fingerprint density at radius 3 is 2.20 bits per heavy atom. The summed E-state index contributed by atoms with van der Waals surface area (Å²) < 4.78 is 13.3. The Labute approximate surface area is 239 Å². The number of hydrogen-bond acceptors (Lipinski definition) is 5. The summed E-state index contributed by atoms with van der Waals surface area (Å²) in [6, 6.07) is 32.6. The van der Waals surface area contributed by atoms with Crippen molar-refractivity contribution in [3.05, 3.63) is 138 Å². The molecule has 5 rings (SSSR count). The zero-order chi connectivity index (χ0) is 27.7. The SMILES string of the molecule is O=C(/C=C/c1ccccc1)Nc1ccc(SC(C(=O)Nc2nc(-c3ccc(F)cc3)cs2)c2ccccc2)cc1. The number of nitrogens with zero attached hydrogens (tertiary/aromatic N) is 1. The maximum atomic E-state index is 13.4. The van der Waals surface area contributed by atoms with Gasteiger partial charge in [0.05, 0.1) is 5.69 Å². The minimum absolute atomic E-state index is 0.209. The highest BCUT2D eigenvalue weighted by atomic mass is 32.2. The quantitative estimate of drug-likeness (QED) is 0.140. The fourth-order valence-corrected chi connectivity index (χ4v) is 5.58. The van der Waals surface area contributed by atoms with Gasteiger partial charge in [-0.25, -0.2) is 9.37 Å². The Kier molecular flexibility index (Phi) is 8.80. The van der Waals surface area contributed by atoms with Crippen LogP contribution in [0.4, 0.5) is 15.2 Å². The van der Waals surface area contributed by atoms with Gasteiger partial charge in [-0.1, -0.05) is 60.7 Å². The van der Waals surface area contributed by atoms with E-state index in [9.17, 15) is 14.0 Å². The molecule has 8 heteroatoms. The van der Waals surface area contributed by atoms with Crippen molar-refractivity contribution in [2.45, 2.75) is 10.1 Å². The van der Waals surface area contributed by atoms with Crippen LogP contribution in [0.5, 0.6) is 0 Å². The maximum absolute atomic E-state index is 13.4. The molecule has 4 aromatic carbocycles. The molecule has 5 aromatic rings. The van der Waals surface area contributed by atoms with Crippen LogP contribution in [0.2, 0.25) is 0 Å². The second-order valence-corrected chi connectivity index (χ2v) is 10.7. The van der Waals surface area contributed by atoms with Gasteiger partial charge in [0.1, 0.15) is 11.1 Å². The molecular weight excluding hydrogens is 542 g/mol. The molecule has 1 aromatic heterocycles. The number of aromatic nitrogens is 1. The number of halogens is 1. The van der Waals surface area contributed by atoms with Gasteiger partial charge in [0.25, 0.3) is 0 Å². The highest BCUT2D eigenvalue weighted by Gasteiger charge is 2.23. The van der Waals surface area contributed by atoms with Crippen LogP contribution in [-0.4, -0.2) is 16.8 Å². The molecule has 198 valence electrons. The molecule has 0 saturated carbocycles. The molecule has 1 atom stereocenters. The minimum Gasteiger partial charge on any atom is -0.323 e. The van der Waals surface area contributed by atoms with Crippen molar-refractivity contribution in [2.24, 2.45) is 0 Å². The predicted molar refractivity (Wildman–Crippen MR) is 162 cm³/mol. The zero-order valence-corrected chi connectivity index (χ0v) is 22.8. The fraction of sp³-hybridized carbons (Fsp3) is 0.0312. The summed E-state index contributed by atoms with van der Waals surface area (Å²) in [5.41, 5.74) is 3.89. The number of amides is 2. The van der Waals surface area contributed by atoms with Crippen molar-refractivity contribution < 1.29 is 14.0 Å². The van der Waals surface area contributed by atoms with Crippen molar-refractivity contribution in [1.82, 2.24) is 4.98 Å². The minimum atomic E-state index is -0.534. The third-order valence-electron chi connectivity index (χ3n) is 5.82. The molecular formula is C32H24FN3O2S2. The highest BCUT2D eigenvalue weighted by molar-refractivity contribution is 8.00. The van der Waals surface area contributed by atoms with Crippen molar-refractivity contribution >= 4 is 51.8 Å². The van der Waals surface area contributed by atoms with Crippen LogP contribution in [0.3, 0.4) is 0 Å². The predicted octanol–water partition coefficient (Wildman–Crippen LogP) is 8.07. The number of benzene rings is 4. The lowest BCUT2D eigenvalue weighted by Gasteiger charge is -2.16. The van der Waals surface area contributed by atoms with Gasteiger partial charge in [0.2, 0.25) is 11.8 Å². The summed E-state index contributed by atoms with van der Waals surface area (Å²) in [7, 11) is 0. The first-order chi connectivity index (χ1) is 19.5. The highest BCUT2D eigenvalue weighted by Crippen LogP contribution is 2.37. The van der Waals surface area contributed by atoms with Crippen LogP contribution in [0.15, 0.2) is 126 Å². The molecule has 0 radical (unpaired) electrons. The van der Waals surface area contributed by atoms with Crippen molar-refractivity contribution in [3.8, 4) is 11.3 Å². The smallest absolute Gasteiger partial charge is 0.248 e. The number of rotatable bonds is 9. The molecule has 0 saturated heterocycles. The number of thioether (sulfide) groups is 1. The number of thiazole rings is 1. The number of anilines is 2. The second-order valence-electron chi connectivity index (χ2n) is 8.70. The molecule has 0 spiro atoms. The third-order valence-corrected chi connectivity index (χ3v) is 7.84. The number of nitrogens with one attached hydrogen (secondary N) is 2. The van der Waals surface area contributed by atoms with E-state index in [-0.39, 0.29) is 17.6 Å². The molecule has 1 heterocycles. The molecule has 0 fully saturated rings. The second kappa shape index (κ2) is 13.0. The molecule has 0 aliphatic heterocycles. The van der Waals surface area contributed by atoms with Crippen molar-refractivity contribution in [2.75, 3.05) is 10.6 Å². The molecule has 0 aliphatic rings. The molecule has 0 aliphatic carbocycles. The summed E-state index contributed by atoms with van der Waals surface area (Å²) in [4.78, 5) is 31.1. The summed E-state index contributed by atoms with van der Waals surface area (Å²) in [6.07, 6.45) is 3.25. The van der Waals surface area contributed by atoms with Gasteiger partial charge in [0.15, 0.2) is 5.13 Å². The molecule has 1 unspecified atom stereocenters. The van der Waals surface area contributed by atoms with Crippen LogP contribution < -0.4 is 10.6 Å². The van der Waals surface area contributed by atoms with Gasteiger partial charge >= 0.3 is 0 Å². The summed E-state index contributed by atoms with van der Waals surface area (Å²) in [5.74, 6) is -0.751. The van der Waals surface area contributed by atoms with Gasteiger partial charge < -0.3 is 10.6 Å². The van der Waals surface area contributed by atoms with Crippen LogP contribution in [0.25, 0.3) is 17.3 Å². The summed E-state index contributed by atoms with van der Waals surface area (Å²) >= 11 is 2.72. The Morgan fingerprint density at radius 1 is 0.825 bits per heavy atom. The van der Waals surface area contributed by atoms with E-state index in [4.69, 9.17) is 0 Å². The van der Waals surface area contributed by atoms with Crippen molar-refractivity contribution in [1.29, 1.82) is 0 Å². The molecule has 2 N–H and O–H groups in total. The first-order valence-corrected chi connectivity index (χ1v) is 14.2. The first kappa shape index (κ1) is 27.1. The Bertz CT molecular complexity index is 1600. The van der Waals surface area contributed by atoms with E-state index < -0.39 is 5.25 Å². The number of hydrogen-bond donors (Lipinski definition) is 2. The maximum Gasteiger partial charge on any atom is 0.248 e. The van der Waals surface area contributed by atoms with Crippen LogP contribution in [-0.2, 0) is 9.59 Å². The van der Waals surface area contributed by atoms with E-state index in [1.165, 1.54) is 41.3 Å². The lowest BCUT2D eigenvalue weighted by Crippen LogP contribution is -2.19. The van der Waals surface area contributed by atoms with Crippen LogP contribution >= 0.6 is 23.1 Å². The third kappa shape index (κ3) is 7.31. The van der Waals surface area contributed by atoms with E-state index >= 15 is 0 Å². The van der Waals surface area contributed by atoms with E-state index in [2.05, 4.69) is 15.6 Å². The zero-order valence-electron chi connectivity index (χ0n) is 21.2. The van der Waals surface area contributed by atoms with Gasteiger partial charge in [-0.2, -0.15) is 0 Å². The van der Waals surface area contributed by atoms with Crippen LogP contribution in [0, 0.1) is 5.82 Å². The number of carbonyl (C=O) groups is 2. The van der Waals surface area contributed by atoms with E-state index in [1.54, 1.807) is 18.2 Å². The lowest BCUT2D eigenvalue weighted by atomic mass is 10.1. The first-order valence-electron chi connectivity index (χ1n) is 12.4.